The Hall–Kier alpha value is -1.39. The first-order chi connectivity index (χ1) is 8.74. The average Bonchev–Trinajstić information content (AvgIpc) is 2.42. The summed E-state index contributed by atoms with van der Waals surface area (Å²) >= 11 is 0. The third-order valence-corrected chi connectivity index (χ3v) is 2.67. The summed E-state index contributed by atoms with van der Waals surface area (Å²) in [6.45, 7) is 5.65. The molecule has 100 valence electrons. The molecule has 0 aliphatic carbocycles. The highest BCUT2D eigenvalue weighted by Crippen LogP contribution is 1.97. The molecule has 1 aromatic carbocycles. The zero-order valence-corrected chi connectivity index (χ0v) is 11.3. The van der Waals surface area contributed by atoms with Gasteiger partial charge in [0, 0.05) is 25.3 Å². The second-order valence-electron chi connectivity index (χ2n) is 4.32. The van der Waals surface area contributed by atoms with E-state index < -0.39 is 0 Å². The van der Waals surface area contributed by atoms with Crippen molar-refractivity contribution in [2.24, 2.45) is 0 Å². The number of carbonyl (C=O) groups is 1. The number of nitrogens with one attached hydrogen (secondary N) is 2. The van der Waals surface area contributed by atoms with Gasteiger partial charge < -0.3 is 10.6 Å². The van der Waals surface area contributed by atoms with Crippen LogP contribution in [0.5, 0.6) is 0 Å². The third-order valence-electron chi connectivity index (χ3n) is 2.67. The molecule has 1 amide bonds. The molecule has 0 bridgehead atoms. The lowest BCUT2D eigenvalue weighted by Crippen LogP contribution is -2.33. The molecule has 2 N–H and O–H groups in total. The fraction of sp³-hybridized carbons (Fsp3) is 0.500. The van der Waals surface area contributed by atoms with E-state index in [-0.39, 0.29) is 5.91 Å². The normalized spacial score (nSPS) is 10.6. The fourth-order valence-electron chi connectivity index (χ4n) is 1.62. The maximum absolute atomic E-state index is 11.7. The lowest BCUT2D eigenvalue weighted by molar-refractivity contribution is 0.0952. The van der Waals surface area contributed by atoms with Gasteiger partial charge in [-0.05, 0) is 32.1 Å². The molecule has 0 aromatic heterocycles. The van der Waals surface area contributed by atoms with Crippen molar-refractivity contribution in [3.63, 3.8) is 0 Å². The van der Waals surface area contributed by atoms with Gasteiger partial charge in [0.05, 0.1) is 0 Å². The highest BCUT2D eigenvalue weighted by molar-refractivity contribution is 5.94. The smallest absolute Gasteiger partial charge is 0.251 e. The molecule has 0 atom stereocenters. The highest BCUT2D eigenvalue weighted by atomic mass is 16.1. The molecule has 0 saturated heterocycles. The molecule has 1 aromatic rings. The standard InChI is InChI=1S/C14H23N3O/c1-3-15-12-17(2)11-7-10-16-14(18)13-8-5-4-6-9-13/h4-6,8-9,15H,3,7,10-12H2,1-2H3,(H,16,18). The van der Waals surface area contributed by atoms with E-state index in [2.05, 4.69) is 29.5 Å². The summed E-state index contributed by atoms with van der Waals surface area (Å²) in [6, 6.07) is 9.31. The summed E-state index contributed by atoms with van der Waals surface area (Å²) < 4.78 is 0. The largest absolute Gasteiger partial charge is 0.352 e. The fourth-order valence-corrected chi connectivity index (χ4v) is 1.62. The molecule has 0 aliphatic heterocycles. The topological polar surface area (TPSA) is 44.4 Å². The van der Waals surface area contributed by atoms with Crippen molar-refractivity contribution in [1.82, 2.24) is 15.5 Å². The van der Waals surface area contributed by atoms with Crippen LogP contribution in [0.4, 0.5) is 0 Å². The lowest BCUT2D eigenvalue weighted by Gasteiger charge is -2.16. The van der Waals surface area contributed by atoms with E-state index in [9.17, 15) is 4.79 Å². The van der Waals surface area contributed by atoms with E-state index in [1.807, 2.05) is 30.3 Å². The lowest BCUT2D eigenvalue weighted by atomic mass is 10.2. The highest BCUT2D eigenvalue weighted by Gasteiger charge is 2.03. The zero-order valence-electron chi connectivity index (χ0n) is 11.3. The van der Waals surface area contributed by atoms with Crippen LogP contribution in [0.3, 0.4) is 0 Å². The molecule has 0 saturated carbocycles. The monoisotopic (exact) mass is 249 g/mol. The second-order valence-corrected chi connectivity index (χ2v) is 4.32. The van der Waals surface area contributed by atoms with Gasteiger partial charge in [-0.25, -0.2) is 0 Å². The van der Waals surface area contributed by atoms with Gasteiger partial charge in [-0.1, -0.05) is 25.1 Å². The molecule has 0 unspecified atom stereocenters. The van der Waals surface area contributed by atoms with Crippen molar-refractivity contribution < 1.29 is 4.79 Å². The van der Waals surface area contributed by atoms with Gasteiger partial charge >= 0.3 is 0 Å². The number of nitrogens with zero attached hydrogens (tertiary/aromatic N) is 1. The molecule has 1 rings (SSSR count). The van der Waals surface area contributed by atoms with E-state index in [1.165, 1.54) is 0 Å². The van der Waals surface area contributed by atoms with E-state index in [0.29, 0.717) is 6.54 Å². The van der Waals surface area contributed by atoms with Crippen LogP contribution >= 0.6 is 0 Å². The van der Waals surface area contributed by atoms with Crippen molar-refractivity contribution in [3.8, 4) is 0 Å². The van der Waals surface area contributed by atoms with Crippen LogP contribution in [-0.2, 0) is 0 Å². The van der Waals surface area contributed by atoms with Crippen LogP contribution in [0.2, 0.25) is 0 Å². The van der Waals surface area contributed by atoms with Crippen LogP contribution in [0.25, 0.3) is 0 Å². The van der Waals surface area contributed by atoms with Gasteiger partial charge in [0.1, 0.15) is 0 Å². The van der Waals surface area contributed by atoms with Crippen LogP contribution in [0, 0.1) is 0 Å². The van der Waals surface area contributed by atoms with E-state index in [0.717, 1.165) is 31.7 Å². The second kappa shape index (κ2) is 8.66. The number of benzene rings is 1. The van der Waals surface area contributed by atoms with Gasteiger partial charge in [-0.15, -0.1) is 0 Å². The number of carbonyl (C=O) groups excluding carboxylic acids is 1. The molecular formula is C14H23N3O. The molecule has 0 aliphatic rings. The molecule has 4 nitrogen and oxygen atoms in total. The number of amides is 1. The Kier molecular flexibility index (Phi) is 7.06. The average molecular weight is 249 g/mol. The van der Waals surface area contributed by atoms with Crippen LogP contribution in [-0.4, -0.2) is 44.2 Å². The Morgan fingerprint density at radius 2 is 2.00 bits per heavy atom. The minimum Gasteiger partial charge on any atom is -0.352 e. The SMILES string of the molecule is CCNCN(C)CCCNC(=O)c1ccccc1. The van der Waals surface area contributed by atoms with Gasteiger partial charge in [0.2, 0.25) is 0 Å². The van der Waals surface area contributed by atoms with E-state index in [4.69, 9.17) is 0 Å². The van der Waals surface area contributed by atoms with Crippen molar-refractivity contribution in [2.75, 3.05) is 33.4 Å². The zero-order chi connectivity index (χ0) is 13.2. The minimum absolute atomic E-state index is 0.00457. The minimum atomic E-state index is 0.00457. The van der Waals surface area contributed by atoms with Crippen molar-refractivity contribution in [1.29, 1.82) is 0 Å². The summed E-state index contributed by atoms with van der Waals surface area (Å²) in [5, 5.41) is 6.19. The first kappa shape index (κ1) is 14.7. The van der Waals surface area contributed by atoms with Crippen molar-refractivity contribution in [3.05, 3.63) is 35.9 Å². The summed E-state index contributed by atoms with van der Waals surface area (Å²) in [4.78, 5) is 13.9. The maximum atomic E-state index is 11.7. The summed E-state index contributed by atoms with van der Waals surface area (Å²) in [5.41, 5.74) is 0.721. The quantitative estimate of drug-likeness (QED) is 0.539. The van der Waals surface area contributed by atoms with E-state index in [1.54, 1.807) is 0 Å². The predicted octanol–water partition coefficient (Wildman–Crippen LogP) is 1.31. The van der Waals surface area contributed by atoms with Crippen molar-refractivity contribution >= 4 is 5.91 Å². The maximum Gasteiger partial charge on any atom is 0.251 e. The van der Waals surface area contributed by atoms with Gasteiger partial charge in [0.25, 0.3) is 5.91 Å². The number of hydrogen-bond acceptors (Lipinski definition) is 3. The Morgan fingerprint density at radius 3 is 2.67 bits per heavy atom. The Labute approximate surface area is 109 Å². The molecule has 4 heteroatoms. The van der Waals surface area contributed by atoms with E-state index >= 15 is 0 Å². The van der Waals surface area contributed by atoms with Crippen LogP contribution < -0.4 is 10.6 Å². The summed E-state index contributed by atoms with van der Waals surface area (Å²) in [5.74, 6) is 0.00457. The van der Waals surface area contributed by atoms with Gasteiger partial charge in [0.15, 0.2) is 0 Å². The van der Waals surface area contributed by atoms with Crippen molar-refractivity contribution in [2.45, 2.75) is 13.3 Å². The molecule has 0 fully saturated rings. The first-order valence-electron chi connectivity index (χ1n) is 6.46. The van der Waals surface area contributed by atoms with Crippen LogP contribution in [0.15, 0.2) is 30.3 Å². The molecule has 0 heterocycles. The van der Waals surface area contributed by atoms with Gasteiger partial charge in [-0.3, -0.25) is 9.69 Å². The molecule has 0 radical (unpaired) electrons. The van der Waals surface area contributed by atoms with Gasteiger partial charge in [-0.2, -0.15) is 0 Å². The Morgan fingerprint density at radius 1 is 1.28 bits per heavy atom. The predicted molar refractivity (Wildman–Crippen MR) is 74.6 cm³/mol. The Balaban J connectivity index is 2.13. The third kappa shape index (κ3) is 5.80. The molecule has 18 heavy (non-hydrogen) atoms. The first-order valence-corrected chi connectivity index (χ1v) is 6.46. The summed E-state index contributed by atoms with van der Waals surface area (Å²) in [6.07, 6.45) is 0.959. The number of rotatable bonds is 8. The summed E-state index contributed by atoms with van der Waals surface area (Å²) in [7, 11) is 2.07. The Bertz CT molecular complexity index is 340. The van der Waals surface area contributed by atoms with Crippen LogP contribution in [0.1, 0.15) is 23.7 Å². The number of hydrogen-bond donors (Lipinski definition) is 2. The molecular weight excluding hydrogens is 226 g/mol. The molecule has 0 spiro atoms.